The highest BCUT2D eigenvalue weighted by Gasteiger charge is 2.38. The van der Waals surface area contributed by atoms with Gasteiger partial charge in [-0.2, -0.15) is 5.10 Å². The van der Waals surface area contributed by atoms with Crippen molar-refractivity contribution in [2.24, 2.45) is 5.41 Å². The van der Waals surface area contributed by atoms with Crippen LogP contribution in [0.4, 0.5) is 15.9 Å². The quantitative estimate of drug-likeness (QED) is 0.354. The van der Waals surface area contributed by atoms with Crippen molar-refractivity contribution in [1.29, 1.82) is 0 Å². The van der Waals surface area contributed by atoms with Crippen molar-refractivity contribution in [3.63, 3.8) is 0 Å². The fraction of sp³-hybridized carbons (Fsp3) is 0.407. The Morgan fingerprint density at radius 1 is 1.11 bits per heavy atom. The lowest BCUT2D eigenvalue weighted by atomic mass is 9.68. The number of benzene rings is 2. The van der Waals surface area contributed by atoms with E-state index >= 15 is 0 Å². The Hall–Kier alpha value is -3.49. The molecule has 1 atom stereocenters. The standard InChI is InChI=1S/C27H31BFN7/c1-5-35(22-11-6-18-15-31-33-25(23(18)14-22)30-17-26(2,3)4)27(28,19-7-9-20(29)10-8-19)24-16-36(34-32-24)21-12-13-21/h6-11,14-16,21H,5,12-13,17H2,1-4H3,(H,30,33). The van der Waals surface area contributed by atoms with Gasteiger partial charge in [-0.25, -0.2) is 9.07 Å². The maximum Gasteiger partial charge on any atom is 0.156 e. The van der Waals surface area contributed by atoms with Crippen LogP contribution in [0.3, 0.4) is 0 Å². The van der Waals surface area contributed by atoms with E-state index in [1.54, 1.807) is 18.3 Å². The molecular formula is C27H31BFN7. The molecule has 0 aliphatic heterocycles. The zero-order valence-electron chi connectivity index (χ0n) is 21.2. The summed E-state index contributed by atoms with van der Waals surface area (Å²) in [6, 6.07) is 12.8. The normalized spacial score (nSPS) is 15.6. The van der Waals surface area contributed by atoms with Crippen LogP contribution in [0.1, 0.15) is 57.8 Å². The number of hydrogen-bond donors (Lipinski definition) is 1. The van der Waals surface area contributed by atoms with Gasteiger partial charge in [0.15, 0.2) is 5.82 Å². The number of aromatic nitrogens is 5. The van der Waals surface area contributed by atoms with Crippen LogP contribution in [0.15, 0.2) is 54.9 Å². The van der Waals surface area contributed by atoms with Gasteiger partial charge in [0.05, 0.1) is 23.9 Å². The highest BCUT2D eigenvalue weighted by molar-refractivity contribution is 6.19. The summed E-state index contributed by atoms with van der Waals surface area (Å²) < 4.78 is 15.8. The van der Waals surface area contributed by atoms with Crippen LogP contribution in [-0.4, -0.2) is 46.1 Å². The molecule has 0 saturated heterocycles. The van der Waals surface area contributed by atoms with E-state index in [9.17, 15) is 4.39 Å². The summed E-state index contributed by atoms with van der Waals surface area (Å²) >= 11 is 0. The number of halogens is 1. The minimum absolute atomic E-state index is 0.0826. The summed E-state index contributed by atoms with van der Waals surface area (Å²) in [4.78, 5) is 2.08. The predicted octanol–water partition coefficient (Wildman–Crippen LogP) is 5.05. The minimum Gasteiger partial charge on any atom is -0.368 e. The molecule has 1 N–H and O–H groups in total. The van der Waals surface area contributed by atoms with Crippen molar-refractivity contribution >= 4 is 30.1 Å². The summed E-state index contributed by atoms with van der Waals surface area (Å²) in [7, 11) is 7.25. The molecule has 7 nitrogen and oxygen atoms in total. The average molecular weight is 483 g/mol. The largest absolute Gasteiger partial charge is 0.368 e. The van der Waals surface area contributed by atoms with Gasteiger partial charge in [0.1, 0.15) is 19.4 Å². The Bertz CT molecular complexity index is 1360. The highest BCUT2D eigenvalue weighted by atomic mass is 19.1. The van der Waals surface area contributed by atoms with Gasteiger partial charge in [-0.05, 0) is 55.0 Å². The Kier molecular flexibility index (Phi) is 6.18. The van der Waals surface area contributed by atoms with E-state index in [0.29, 0.717) is 18.3 Å². The molecular weight excluding hydrogens is 452 g/mol. The molecule has 1 saturated carbocycles. The lowest BCUT2D eigenvalue weighted by Crippen LogP contribution is -2.48. The molecule has 1 fully saturated rings. The lowest BCUT2D eigenvalue weighted by molar-refractivity contribution is 0.442. The maximum absolute atomic E-state index is 13.9. The number of anilines is 2. The van der Waals surface area contributed by atoms with Crippen LogP contribution in [0, 0.1) is 11.2 Å². The molecule has 1 unspecified atom stereocenters. The van der Waals surface area contributed by atoms with Crippen LogP contribution >= 0.6 is 0 Å². The van der Waals surface area contributed by atoms with Gasteiger partial charge >= 0.3 is 0 Å². The van der Waals surface area contributed by atoms with E-state index in [4.69, 9.17) is 7.85 Å². The number of hydrogen-bond acceptors (Lipinski definition) is 6. The molecule has 1 aliphatic carbocycles. The van der Waals surface area contributed by atoms with Crippen LogP contribution in [-0.2, 0) is 5.44 Å². The molecule has 2 heterocycles. The monoisotopic (exact) mass is 483 g/mol. The topological polar surface area (TPSA) is 71.8 Å². The second-order valence-corrected chi connectivity index (χ2v) is 10.7. The Morgan fingerprint density at radius 3 is 2.53 bits per heavy atom. The minimum atomic E-state index is -1.16. The summed E-state index contributed by atoms with van der Waals surface area (Å²) in [6.07, 6.45) is 5.86. The predicted molar refractivity (Wildman–Crippen MR) is 142 cm³/mol. The molecule has 4 aromatic rings. The lowest BCUT2D eigenvalue weighted by Gasteiger charge is -2.42. The van der Waals surface area contributed by atoms with Crippen molar-refractivity contribution in [2.75, 3.05) is 23.3 Å². The van der Waals surface area contributed by atoms with Crippen molar-refractivity contribution in [1.82, 2.24) is 25.2 Å². The zero-order valence-corrected chi connectivity index (χ0v) is 21.2. The van der Waals surface area contributed by atoms with E-state index in [1.807, 2.05) is 29.9 Å². The van der Waals surface area contributed by atoms with E-state index in [2.05, 4.69) is 57.6 Å². The van der Waals surface area contributed by atoms with E-state index in [1.165, 1.54) is 12.1 Å². The van der Waals surface area contributed by atoms with E-state index in [-0.39, 0.29) is 11.2 Å². The molecule has 2 radical (unpaired) electrons. The molecule has 184 valence electrons. The highest BCUT2D eigenvalue weighted by Crippen LogP contribution is 2.39. The maximum atomic E-state index is 13.9. The first kappa shape index (κ1) is 24.2. The molecule has 0 spiro atoms. The smallest absolute Gasteiger partial charge is 0.156 e. The van der Waals surface area contributed by atoms with Gasteiger partial charge in [0.25, 0.3) is 0 Å². The molecule has 2 aromatic carbocycles. The number of fused-ring (bicyclic) bond motifs is 1. The van der Waals surface area contributed by atoms with E-state index < -0.39 is 5.44 Å². The van der Waals surface area contributed by atoms with Crippen LogP contribution in [0.5, 0.6) is 0 Å². The molecule has 2 aromatic heterocycles. The third-order valence-corrected chi connectivity index (χ3v) is 6.59. The molecule has 36 heavy (non-hydrogen) atoms. The summed E-state index contributed by atoms with van der Waals surface area (Å²) in [6.45, 7) is 9.89. The first-order chi connectivity index (χ1) is 17.2. The second kappa shape index (κ2) is 9.19. The summed E-state index contributed by atoms with van der Waals surface area (Å²) in [5.74, 6) is 0.411. The van der Waals surface area contributed by atoms with Crippen molar-refractivity contribution in [3.05, 3.63) is 71.9 Å². The third kappa shape index (κ3) is 4.66. The van der Waals surface area contributed by atoms with Crippen molar-refractivity contribution in [3.8, 4) is 0 Å². The molecule has 0 bridgehead atoms. The third-order valence-electron chi connectivity index (χ3n) is 6.59. The van der Waals surface area contributed by atoms with Gasteiger partial charge in [-0.1, -0.05) is 44.2 Å². The molecule has 9 heteroatoms. The Labute approximate surface area is 212 Å². The fourth-order valence-corrected chi connectivity index (χ4v) is 4.46. The average Bonchev–Trinajstić information content (AvgIpc) is 3.58. The van der Waals surface area contributed by atoms with Crippen LogP contribution in [0.2, 0.25) is 0 Å². The molecule has 1 aliphatic rings. The van der Waals surface area contributed by atoms with Gasteiger partial charge in [-0.3, -0.25) is 0 Å². The number of nitrogens with zero attached hydrogens (tertiary/aromatic N) is 6. The van der Waals surface area contributed by atoms with Crippen molar-refractivity contribution in [2.45, 2.75) is 52.0 Å². The zero-order chi connectivity index (χ0) is 25.5. The number of rotatable bonds is 8. The fourth-order valence-electron chi connectivity index (χ4n) is 4.46. The summed E-state index contributed by atoms with van der Waals surface area (Å²) in [5.41, 5.74) is 1.15. The first-order valence-electron chi connectivity index (χ1n) is 12.4. The Balaban J connectivity index is 1.62. The van der Waals surface area contributed by atoms with Crippen LogP contribution < -0.4 is 10.2 Å². The van der Waals surface area contributed by atoms with Crippen molar-refractivity contribution < 1.29 is 4.39 Å². The molecule has 5 rings (SSSR count). The SMILES string of the molecule is [B]C(c1ccc(F)cc1)(c1cn(C2CC2)nn1)N(CC)c1ccc2cnnc(NCC(C)(C)C)c2c1. The number of nitrogens with one attached hydrogen (secondary N) is 1. The van der Waals surface area contributed by atoms with Gasteiger partial charge in [0, 0.05) is 29.5 Å². The summed E-state index contributed by atoms with van der Waals surface area (Å²) in [5, 5.41) is 22.8. The van der Waals surface area contributed by atoms with E-state index in [0.717, 1.165) is 47.2 Å². The second-order valence-electron chi connectivity index (χ2n) is 10.7. The van der Waals surface area contributed by atoms with Gasteiger partial charge in [-0.15, -0.1) is 10.2 Å². The van der Waals surface area contributed by atoms with Gasteiger partial charge < -0.3 is 10.2 Å². The van der Waals surface area contributed by atoms with Crippen LogP contribution in [0.25, 0.3) is 10.8 Å². The van der Waals surface area contributed by atoms with Gasteiger partial charge in [0.2, 0.25) is 0 Å². The Morgan fingerprint density at radius 2 is 1.86 bits per heavy atom. The molecule has 0 amide bonds. The first-order valence-corrected chi connectivity index (χ1v) is 12.4.